The molecule has 0 unspecified atom stereocenters. The van der Waals surface area contributed by atoms with E-state index < -0.39 is 5.76 Å². The van der Waals surface area contributed by atoms with Crippen LogP contribution in [0.15, 0.2) is 9.21 Å². The fourth-order valence-corrected chi connectivity index (χ4v) is 3.34. The van der Waals surface area contributed by atoms with Crippen molar-refractivity contribution in [2.24, 2.45) is 0 Å². The predicted octanol–water partition coefficient (Wildman–Crippen LogP) is 0.965. The Bertz CT molecular complexity index is 500. The number of aromatic amines is 1. The van der Waals surface area contributed by atoms with E-state index in [1.54, 1.807) is 11.8 Å². The van der Waals surface area contributed by atoms with Crippen LogP contribution in [0.25, 0.3) is 0 Å². The lowest BCUT2D eigenvalue weighted by Gasteiger charge is -2.30. The van der Waals surface area contributed by atoms with Crippen LogP contribution in [0.4, 0.5) is 0 Å². The van der Waals surface area contributed by atoms with Crippen LogP contribution in [0.5, 0.6) is 0 Å². The summed E-state index contributed by atoms with van der Waals surface area (Å²) in [6, 6.07) is 0. The van der Waals surface area contributed by atoms with E-state index in [1.807, 2.05) is 4.90 Å². The molecule has 7 heteroatoms. The van der Waals surface area contributed by atoms with E-state index in [9.17, 15) is 9.59 Å². The summed E-state index contributed by atoms with van der Waals surface area (Å²) in [5, 5.41) is 6.87. The van der Waals surface area contributed by atoms with Crippen molar-refractivity contribution in [1.29, 1.82) is 0 Å². The van der Waals surface area contributed by atoms with Gasteiger partial charge < -0.3 is 9.32 Å². The number of rotatable bonds is 4. The van der Waals surface area contributed by atoms with Crippen molar-refractivity contribution in [3.8, 4) is 0 Å². The first-order valence-electron chi connectivity index (χ1n) is 6.67. The van der Waals surface area contributed by atoms with Crippen LogP contribution in [-0.4, -0.2) is 45.1 Å². The molecular weight excluding hydrogens is 266 g/mol. The molecule has 1 saturated carbocycles. The normalized spacial score (nSPS) is 20.7. The number of carbonyl (C=O) groups is 1. The number of carbonyl (C=O) groups excluding carboxylic acids is 1. The number of likely N-dealkylation sites (tertiary alicyclic amines) is 1. The molecule has 1 aromatic rings. The van der Waals surface area contributed by atoms with Crippen molar-refractivity contribution in [3.05, 3.63) is 16.4 Å². The van der Waals surface area contributed by atoms with Crippen molar-refractivity contribution < 1.29 is 9.21 Å². The van der Waals surface area contributed by atoms with Crippen molar-refractivity contribution in [3.63, 3.8) is 0 Å². The molecule has 1 N–H and O–H groups in total. The van der Waals surface area contributed by atoms with Crippen molar-refractivity contribution in [2.45, 2.75) is 36.9 Å². The summed E-state index contributed by atoms with van der Waals surface area (Å²) >= 11 is 1.78. The Morgan fingerprint density at radius 2 is 2.11 bits per heavy atom. The van der Waals surface area contributed by atoms with Crippen molar-refractivity contribution in [1.82, 2.24) is 15.1 Å². The van der Waals surface area contributed by atoms with Gasteiger partial charge in [-0.1, -0.05) is 0 Å². The first kappa shape index (κ1) is 12.8. The molecule has 19 heavy (non-hydrogen) atoms. The van der Waals surface area contributed by atoms with Gasteiger partial charge in [0.25, 0.3) is 0 Å². The number of thioether (sulfide) groups is 1. The summed E-state index contributed by atoms with van der Waals surface area (Å²) in [6.45, 7) is 1.45. The molecule has 0 aromatic carbocycles. The highest BCUT2D eigenvalue weighted by molar-refractivity contribution is 8.00. The third-order valence-corrected chi connectivity index (χ3v) is 4.97. The van der Waals surface area contributed by atoms with Gasteiger partial charge in [-0.3, -0.25) is 4.79 Å². The second kappa shape index (κ2) is 5.40. The molecule has 1 aromatic heterocycles. The zero-order valence-corrected chi connectivity index (χ0v) is 11.4. The molecule has 0 atom stereocenters. The lowest BCUT2D eigenvalue weighted by molar-refractivity contribution is -0.129. The second-order valence-corrected chi connectivity index (χ2v) is 6.41. The standard InChI is InChI=1S/C12H17N3O3S/c16-10(7-19-9-1-2-9)15-5-3-8(4-6-15)11-13-14-12(17)18-11/h8-9H,1-7H2,(H,14,17). The predicted molar refractivity (Wildman–Crippen MR) is 71.2 cm³/mol. The second-order valence-electron chi connectivity index (χ2n) is 5.12. The summed E-state index contributed by atoms with van der Waals surface area (Å²) in [4.78, 5) is 24.8. The molecule has 3 rings (SSSR count). The highest BCUT2D eigenvalue weighted by Crippen LogP contribution is 2.34. The molecular formula is C12H17N3O3S. The minimum Gasteiger partial charge on any atom is -0.392 e. The average molecular weight is 283 g/mol. The van der Waals surface area contributed by atoms with Gasteiger partial charge in [0, 0.05) is 24.3 Å². The molecule has 1 amide bonds. The molecule has 0 bridgehead atoms. The lowest BCUT2D eigenvalue weighted by atomic mass is 9.97. The van der Waals surface area contributed by atoms with Crippen LogP contribution in [0.1, 0.15) is 37.5 Å². The van der Waals surface area contributed by atoms with Gasteiger partial charge in [-0.2, -0.15) is 0 Å². The third kappa shape index (κ3) is 3.20. The monoisotopic (exact) mass is 283 g/mol. The topological polar surface area (TPSA) is 79.2 Å². The number of nitrogens with one attached hydrogen (secondary N) is 1. The van der Waals surface area contributed by atoms with E-state index >= 15 is 0 Å². The molecule has 1 aliphatic carbocycles. The maximum absolute atomic E-state index is 12.0. The van der Waals surface area contributed by atoms with E-state index in [0.29, 0.717) is 11.6 Å². The van der Waals surface area contributed by atoms with Gasteiger partial charge in [0.15, 0.2) is 0 Å². The number of piperidine rings is 1. The van der Waals surface area contributed by atoms with Crippen molar-refractivity contribution in [2.75, 3.05) is 18.8 Å². The van der Waals surface area contributed by atoms with Gasteiger partial charge in [-0.25, -0.2) is 9.89 Å². The number of H-pyrrole nitrogens is 1. The minimum atomic E-state index is -0.505. The van der Waals surface area contributed by atoms with E-state index in [2.05, 4.69) is 10.2 Å². The Kier molecular flexibility index (Phi) is 3.63. The Morgan fingerprint density at radius 3 is 2.68 bits per heavy atom. The maximum atomic E-state index is 12.0. The van der Waals surface area contributed by atoms with Crippen LogP contribution in [0, 0.1) is 0 Å². The molecule has 104 valence electrons. The number of hydrogen-bond acceptors (Lipinski definition) is 5. The lowest BCUT2D eigenvalue weighted by Crippen LogP contribution is -2.39. The Hall–Kier alpha value is -1.24. The molecule has 6 nitrogen and oxygen atoms in total. The largest absolute Gasteiger partial charge is 0.434 e. The molecule has 1 aliphatic heterocycles. The highest BCUT2D eigenvalue weighted by atomic mass is 32.2. The fourth-order valence-electron chi connectivity index (χ4n) is 2.31. The molecule has 0 spiro atoms. The van der Waals surface area contributed by atoms with Crippen LogP contribution in [0.3, 0.4) is 0 Å². The Labute approximate surface area is 114 Å². The van der Waals surface area contributed by atoms with Crippen LogP contribution in [-0.2, 0) is 4.79 Å². The number of nitrogens with zero attached hydrogens (tertiary/aromatic N) is 2. The Morgan fingerprint density at radius 1 is 1.37 bits per heavy atom. The third-order valence-electron chi connectivity index (χ3n) is 3.62. The minimum absolute atomic E-state index is 0.152. The van der Waals surface area contributed by atoms with E-state index in [0.717, 1.165) is 31.2 Å². The number of hydrogen-bond donors (Lipinski definition) is 1. The van der Waals surface area contributed by atoms with E-state index in [1.165, 1.54) is 12.8 Å². The van der Waals surface area contributed by atoms with Gasteiger partial charge in [0.1, 0.15) is 0 Å². The van der Waals surface area contributed by atoms with Crippen LogP contribution in [0.2, 0.25) is 0 Å². The Balaban J connectivity index is 1.48. The summed E-state index contributed by atoms with van der Waals surface area (Å²) in [5.41, 5.74) is 0. The maximum Gasteiger partial charge on any atom is 0.434 e. The zero-order chi connectivity index (χ0) is 13.2. The first-order chi connectivity index (χ1) is 9.22. The van der Waals surface area contributed by atoms with Crippen LogP contribution < -0.4 is 5.76 Å². The highest BCUT2D eigenvalue weighted by Gasteiger charge is 2.28. The first-order valence-corrected chi connectivity index (χ1v) is 7.72. The SMILES string of the molecule is O=C(CSC1CC1)N1CCC(c2n[nH]c(=O)o2)CC1. The van der Waals surface area contributed by atoms with Crippen molar-refractivity contribution >= 4 is 17.7 Å². The fraction of sp³-hybridized carbons (Fsp3) is 0.750. The molecule has 2 fully saturated rings. The van der Waals surface area contributed by atoms with Gasteiger partial charge in [-0.15, -0.1) is 16.9 Å². The van der Waals surface area contributed by atoms with E-state index in [-0.39, 0.29) is 11.8 Å². The zero-order valence-electron chi connectivity index (χ0n) is 10.6. The smallest absolute Gasteiger partial charge is 0.392 e. The summed E-state index contributed by atoms with van der Waals surface area (Å²) in [6.07, 6.45) is 4.15. The summed E-state index contributed by atoms with van der Waals surface area (Å²) < 4.78 is 4.98. The number of amides is 1. The molecule has 1 saturated heterocycles. The average Bonchev–Trinajstić information content (AvgIpc) is 3.17. The van der Waals surface area contributed by atoms with Crippen LogP contribution >= 0.6 is 11.8 Å². The van der Waals surface area contributed by atoms with Gasteiger partial charge in [-0.05, 0) is 25.7 Å². The van der Waals surface area contributed by atoms with Gasteiger partial charge >= 0.3 is 5.76 Å². The molecule has 2 aliphatic rings. The van der Waals surface area contributed by atoms with Gasteiger partial charge in [0.05, 0.1) is 5.75 Å². The number of aromatic nitrogens is 2. The summed E-state index contributed by atoms with van der Waals surface area (Å²) in [5.74, 6) is 0.962. The van der Waals surface area contributed by atoms with E-state index in [4.69, 9.17) is 4.42 Å². The quantitative estimate of drug-likeness (QED) is 0.890. The summed E-state index contributed by atoms with van der Waals surface area (Å²) in [7, 11) is 0. The molecule has 0 radical (unpaired) electrons. The molecule has 2 heterocycles. The van der Waals surface area contributed by atoms with Gasteiger partial charge in [0.2, 0.25) is 11.8 Å².